The number of hydrogen-bond donors (Lipinski definition) is 1. The van der Waals surface area contributed by atoms with Gasteiger partial charge in [0.05, 0.1) is 4.92 Å². The van der Waals surface area contributed by atoms with Crippen molar-refractivity contribution in [2.75, 3.05) is 6.61 Å². The molecule has 1 atom stereocenters. The van der Waals surface area contributed by atoms with Crippen molar-refractivity contribution in [1.29, 1.82) is 0 Å². The van der Waals surface area contributed by atoms with Gasteiger partial charge in [-0.3, -0.25) is 14.9 Å². The summed E-state index contributed by atoms with van der Waals surface area (Å²) in [4.78, 5) is 21.8. The number of ether oxygens (including phenoxy) is 1. The Bertz CT molecular complexity index is 730. The van der Waals surface area contributed by atoms with Crippen LogP contribution in [0.1, 0.15) is 28.9 Å². The minimum absolute atomic E-state index is 0.00647. The van der Waals surface area contributed by atoms with E-state index in [1.54, 1.807) is 24.3 Å². The molecular formula is C16H14ClNO5. The van der Waals surface area contributed by atoms with Gasteiger partial charge in [0.25, 0.3) is 0 Å². The average Bonchev–Trinajstić information content (AvgIpc) is 2.52. The number of nitrogens with zero attached hydrogens (tertiary/aromatic N) is 1. The number of aliphatic hydroxyl groups is 1. The first-order valence-electron chi connectivity index (χ1n) is 6.74. The maximum Gasteiger partial charge on any atom is 0.311 e. The number of Topliss-reactive ketones (excluding diaryl/α,β-unsaturated/α-hetero) is 1. The van der Waals surface area contributed by atoms with Crippen molar-refractivity contribution in [3.8, 4) is 5.75 Å². The fourth-order valence-corrected chi connectivity index (χ4v) is 2.08. The molecule has 0 amide bonds. The van der Waals surface area contributed by atoms with Crippen LogP contribution in [0.4, 0.5) is 5.69 Å². The van der Waals surface area contributed by atoms with Crippen molar-refractivity contribution in [3.05, 3.63) is 68.7 Å². The number of rotatable bonds is 6. The van der Waals surface area contributed by atoms with Crippen LogP contribution < -0.4 is 4.74 Å². The zero-order valence-corrected chi connectivity index (χ0v) is 13.0. The summed E-state index contributed by atoms with van der Waals surface area (Å²) in [5.74, 6) is -0.283. The largest absolute Gasteiger partial charge is 0.484 e. The van der Waals surface area contributed by atoms with Gasteiger partial charge in [-0.1, -0.05) is 23.7 Å². The lowest BCUT2D eigenvalue weighted by Gasteiger charge is -2.13. The number of carbonyl (C=O) groups is 1. The fraction of sp³-hybridized carbons (Fsp3) is 0.188. The van der Waals surface area contributed by atoms with Crippen LogP contribution in [0.2, 0.25) is 5.02 Å². The van der Waals surface area contributed by atoms with Crippen molar-refractivity contribution in [1.82, 2.24) is 0 Å². The van der Waals surface area contributed by atoms with Crippen LogP contribution >= 0.6 is 11.6 Å². The summed E-state index contributed by atoms with van der Waals surface area (Å²) in [6.45, 7) is 1.16. The third kappa shape index (κ3) is 4.28. The molecule has 0 bridgehead atoms. The Kier molecular flexibility index (Phi) is 5.31. The van der Waals surface area contributed by atoms with E-state index in [-0.39, 0.29) is 29.4 Å². The first-order chi connectivity index (χ1) is 10.9. The Morgan fingerprint density at radius 1 is 1.30 bits per heavy atom. The molecule has 2 aromatic carbocycles. The fourth-order valence-electron chi connectivity index (χ4n) is 1.95. The third-order valence-electron chi connectivity index (χ3n) is 3.21. The first kappa shape index (κ1) is 16.9. The van der Waals surface area contributed by atoms with Crippen LogP contribution in [0.5, 0.6) is 5.75 Å². The van der Waals surface area contributed by atoms with E-state index in [0.29, 0.717) is 10.6 Å². The molecule has 23 heavy (non-hydrogen) atoms. The van der Waals surface area contributed by atoms with Crippen LogP contribution in [-0.2, 0) is 0 Å². The number of hydrogen-bond acceptors (Lipinski definition) is 5. The van der Waals surface area contributed by atoms with Gasteiger partial charge in [-0.2, -0.15) is 0 Å². The lowest BCUT2D eigenvalue weighted by molar-refractivity contribution is -0.386. The number of halogens is 1. The SMILES string of the molecule is CC(=O)c1ccc(OCC(O)c2ccc(Cl)cc2)c([N+](=O)[O-])c1. The van der Waals surface area contributed by atoms with E-state index >= 15 is 0 Å². The zero-order chi connectivity index (χ0) is 17.0. The van der Waals surface area contributed by atoms with Crippen LogP contribution in [-0.4, -0.2) is 22.4 Å². The quantitative estimate of drug-likeness (QED) is 0.495. The Labute approximate surface area is 137 Å². The minimum Gasteiger partial charge on any atom is -0.484 e. The molecule has 120 valence electrons. The van der Waals surface area contributed by atoms with Gasteiger partial charge in [-0.15, -0.1) is 0 Å². The Morgan fingerprint density at radius 2 is 1.96 bits per heavy atom. The van der Waals surface area contributed by atoms with Crippen molar-refractivity contribution >= 4 is 23.1 Å². The second-order valence-electron chi connectivity index (χ2n) is 4.87. The molecule has 0 aliphatic rings. The van der Waals surface area contributed by atoms with Gasteiger partial charge in [0.1, 0.15) is 12.7 Å². The van der Waals surface area contributed by atoms with Gasteiger partial charge in [-0.05, 0) is 36.8 Å². The molecule has 6 nitrogen and oxygen atoms in total. The second-order valence-corrected chi connectivity index (χ2v) is 5.31. The van der Waals surface area contributed by atoms with Crippen molar-refractivity contribution in [2.45, 2.75) is 13.0 Å². The number of carbonyl (C=O) groups excluding carboxylic acids is 1. The normalized spacial score (nSPS) is 11.8. The maximum absolute atomic E-state index is 11.3. The summed E-state index contributed by atoms with van der Waals surface area (Å²) >= 11 is 5.77. The lowest BCUT2D eigenvalue weighted by Crippen LogP contribution is -2.10. The summed E-state index contributed by atoms with van der Waals surface area (Å²) in [7, 11) is 0. The summed E-state index contributed by atoms with van der Waals surface area (Å²) in [5.41, 5.74) is 0.487. The molecule has 0 saturated carbocycles. The van der Waals surface area contributed by atoms with Crippen LogP contribution in [0.3, 0.4) is 0 Å². The number of benzene rings is 2. The molecule has 0 spiro atoms. The van der Waals surface area contributed by atoms with E-state index in [0.717, 1.165) is 6.07 Å². The highest BCUT2D eigenvalue weighted by Gasteiger charge is 2.19. The smallest absolute Gasteiger partial charge is 0.311 e. The van der Waals surface area contributed by atoms with E-state index in [1.807, 2.05) is 0 Å². The summed E-state index contributed by atoms with van der Waals surface area (Å²) in [6, 6.07) is 10.5. The van der Waals surface area contributed by atoms with Crippen LogP contribution in [0, 0.1) is 10.1 Å². The van der Waals surface area contributed by atoms with Gasteiger partial charge in [0.2, 0.25) is 0 Å². The molecular weight excluding hydrogens is 322 g/mol. The molecule has 7 heteroatoms. The highest BCUT2D eigenvalue weighted by atomic mass is 35.5. The Hall–Kier alpha value is -2.44. The number of ketones is 1. The van der Waals surface area contributed by atoms with Crippen molar-refractivity contribution in [3.63, 3.8) is 0 Å². The average molecular weight is 336 g/mol. The van der Waals surface area contributed by atoms with Crippen molar-refractivity contribution < 1.29 is 19.6 Å². The monoisotopic (exact) mass is 335 g/mol. The molecule has 1 N–H and O–H groups in total. The zero-order valence-electron chi connectivity index (χ0n) is 12.2. The predicted molar refractivity (Wildman–Crippen MR) is 85.0 cm³/mol. The minimum atomic E-state index is -0.959. The molecule has 0 aliphatic carbocycles. The van der Waals surface area contributed by atoms with E-state index in [4.69, 9.17) is 16.3 Å². The summed E-state index contributed by atoms with van der Waals surface area (Å²) < 4.78 is 5.34. The number of nitro groups is 1. The lowest BCUT2D eigenvalue weighted by atomic mass is 10.1. The second kappa shape index (κ2) is 7.21. The molecule has 0 aliphatic heterocycles. The van der Waals surface area contributed by atoms with Gasteiger partial charge < -0.3 is 9.84 Å². The Morgan fingerprint density at radius 3 is 2.52 bits per heavy atom. The molecule has 0 saturated heterocycles. The van der Waals surface area contributed by atoms with E-state index in [2.05, 4.69) is 0 Å². The van der Waals surface area contributed by atoms with E-state index in [9.17, 15) is 20.0 Å². The van der Waals surface area contributed by atoms with E-state index < -0.39 is 11.0 Å². The number of nitro benzene ring substituents is 1. The van der Waals surface area contributed by atoms with Gasteiger partial charge >= 0.3 is 5.69 Å². The highest BCUT2D eigenvalue weighted by molar-refractivity contribution is 6.30. The number of aliphatic hydroxyl groups excluding tert-OH is 1. The van der Waals surface area contributed by atoms with E-state index in [1.165, 1.54) is 19.1 Å². The van der Waals surface area contributed by atoms with Gasteiger partial charge in [0.15, 0.2) is 11.5 Å². The molecule has 0 aromatic heterocycles. The van der Waals surface area contributed by atoms with Gasteiger partial charge in [0, 0.05) is 16.7 Å². The highest BCUT2D eigenvalue weighted by Crippen LogP contribution is 2.29. The molecule has 0 radical (unpaired) electrons. The summed E-state index contributed by atoms with van der Waals surface area (Å²) in [5, 5.41) is 21.7. The van der Waals surface area contributed by atoms with Crippen LogP contribution in [0.15, 0.2) is 42.5 Å². The predicted octanol–water partition coefficient (Wildman–Crippen LogP) is 3.56. The third-order valence-corrected chi connectivity index (χ3v) is 3.47. The topological polar surface area (TPSA) is 89.7 Å². The maximum atomic E-state index is 11.3. The molecule has 2 rings (SSSR count). The first-order valence-corrected chi connectivity index (χ1v) is 7.12. The van der Waals surface area contributed by atoms with Crippen LogP contribution in [0.25, 0.3) is 0 Å². The Balaban J connectivity index is 2.14. The molecule has 0 fully saturated rings. The van der Waals surface area contributed by atoms with Gasteiger partial charge in [-0.25, -0.2) is 0 Å². The standard InChI is InChI=1S/C16H14ClNO5/c1-10(19)12-4-7-16(14(8-12)18(21)22)23-9-15(20)11-2-5-13(17)6-3-11/h2-8,15,20H,9H2,1H3. The van der Waals surface area contributed by atoms with Crippen molar-refractivity contribution in [2.24, 2.45) is 0 Å². The molecule has 2 aromatic rings. The molecule has 0 heterocycles. The summed E-state index contributed by atoms with van der Waals surface area (Å²) in [6.07, 6.45) is -0.959. The molecule has 1 unspecified atom stereocenters.